The topological polar surface area (TPSA) is 0 Å². The lowest BCUT2D eigenvalue weighted by Crippen LogP contribution is -1.96. The van der Waals surface area contributed by atoms with Crippen molar-refractivity contribution in [2.24, 2.45) is 0 Å². The molecule has 1 aliphatic carbocycles. The summed E-state index contributed by atoms with van der Waals surface area (Å²) >= 11 is 0. The molecule has 1 heteroatoms. The molecule has 0 unspecified atom stereocenters. The summed E-state index contributed by atoms with van der Waals surface area (Å²) in [7, 11) is -0.0142. The highest BCUT2D eigenvalue weighted by molar-refractivity contribution is 7.48. The van der Waals surface area contributed by atoms with Gasteiger partial charge in [0.25, 0.3) is 0 Å². The van der Waals surface area contributed by atoms with Crippen LogP contribution in [0.5, 0.6) is 0 Å². The monoisotopic (exact) mass is 218 g/mol. The third kappa shape index (κ3) is 3.39. The Morgan fingerprint density at radius 3 is 1.80 bits per heavy atom. The van der Waals surface area contributed by atoms with E-state index in [4.69, 9.17) is 0 Å². The van der Waals surface area contributed by atoms with Gasteiger partial charge in [0.1, 0.15) is 0 Å². The Morgan fingerprint density at radius 1 is 0.667 bits per heavy atom. The van der Waals surface area contributed by atoms with E-state index in [2.05, 4.69) is 48.0 Å². The maximum Gasteiger partial charge on any atom is -0.00258 e. The molecule has 1 aromatic heterocycles. The lowest BCUT2D eigenvalue weighted by molar-refractivity contribution is 0.488. The van der Waals surface area contributed by atoms with Crippen molar-refractivity contribution in [1.82, 2.24) is 0 Å². The Bertz CT molecular complexity index is 309. The van der Waals surface area contributed by atoms with Gasteiger partial charge in [0, 0.05) is 0 Å². The molecule has 0 nitrogen and oxygen atoms in total. The standard InChI is InChI=1S/C14H19P/c1-2-4-9-13-15(12-8-3-1)14-10-6-5-7-11-14/h1-4,8-9,12-14H,5-7,10-11H2. The van der Waals surface area contributed by atoms with Gasteiger partial charge in [-0.2, -0.15) is 0 Å². The first kappa shape index (κ1) is 10.8. The van der Waals surface area contributed by atoms with Crippen molar-refractivity contribution in [3.63, 3.8) is 0 Å². The molecule has 0 aliphatic heterocycles. The van der Waals surface area contributed by atoms with Gasteiger partial charge >= 0.3 is 0 Å². The van der Waals surface area contributed by atoms with Crippen LogP contribution in [-0.4, -0.2) is 0 Å². The summed E-state index contributed by atoms with van der Waals surface area (Å²) in [5.74, 6) is 4.84. The van der Waals surface area contributed by atoms with Gasteiger partial charge in [0.05, 0.1) is 0 Å². The summed E-state index contributed by atoms with van der Waals surface area (Å²) in [6, 6.07) is 12.9. The molecule has 0 spiro atoms. The second kappa shape index (κ2) is 5.98. The molecule has 1 saturated carbocycles. The predicted octanol–water partition coefficient (Wildman–Crippen LogP) is 5.30. The molecule has 2 rings (SSSR count). The van der Waals surface area contributed by atoms with Gasteiger partial charge in [-0.3, -0.25) is 0 Å². The zero-order chi connectivity index (χ0) is 10.3. The molecule has 0 N–H and O–H groups in total. The normalized spacial score (nSPS) is 17.1. The molecule has 0 amide bonds. The third-order valence-corrected chi connectivity index (χ3v) is 5.46. The van der Waals surface area contributed by atoms with Crippen molar-refractivity contribution in [2.75, 3.05) is 0 Å². The maximum atomic E-state index is 2.42. The first-order chi connectivity index (χ1) is 7.47. The SMILES string of the molecule is c1ccccp(C2CCCCC2)ccc1. The molecule has 0 atom stereocenters. The molecule has 1 fully saturated rings. The van der Waals surface area contributed by atoms with E-state index in [9.17, 15) is 0 Å². The smallest absolute Gasteiger partial charge is 0.00258 e. The van der Waals surface area contributed by atoms with Crippen LogP contribution in [0.4, 0.5) is 0 Å². The highest BCUT2D eigenvalue weighted by Gasteiger charge is 2.13. The van der Waals surface area contributed by atoms with E-state index in [1.165, 1.54) is 32.1 Å². The van der Waals surface area contributed by atoms with Crippen molar-refractivity contribution in [2.45, 2.75) is 37.8 Å². The van der Waals surface area contributed by atoms with Gasteiger partial charge in [-0.1, -0.05) is 55.7 Å². The van der Waals surface area contributed by atoms with Crippen LogP contribution in [0.25, 0.3) is 0 Å². The van der Waals surface area contributed by atoms with Gasteiger partial charge in [0.2, 0.25) is 0 Å². The molecule has 0 bridgehead atoms. The highest BCUT2D eigenvalue weighted by Crippen LogP contribution is 2.46. The number of hydrogen-bond donors (Lipinski definition) is 0. The Hall–Kier alpha value is -0.740. The molecule has 80 valence electrons. The zero-order valence-corrected chi connectivity index (χ0v) is 10.1. The maximum absolute atomic E-state index is 2.42. The highest BCUT2D eigenvalue weighted by atomic mass is 31.1. The van der Waals surface area contributed by atoms with Crippen molar-refractivity contribution >= 4 is 7.53 Å². The van der Waals surface area contributed by atoms with Crippen molar-refractivity contribution in [3.05, 3.63) is 48.0 Å². The van der Waals surface area contributed by atoms with Crippen LogP contribution in [0.2, 0.25) is 0 Å². The van der Waals surface area contributed by atoms with Crippen LogP contribution < -0.4 is 0 Å². The van der Waals surface area contributed by atoms with E-state index in [0.29, 0.717) is 0 Å². The van der Waals surface area contributed by atoms with E-state index >= 15 is 0 Å². The third-order valence-electron chi connectivity index (χ3n) is 3.07. The summed E-state index contributed by atoms with van der Waals surface area (Å²) in [6.45, 7) is 0. The minimum absolute atomic E-state index is 0.0142. The molecule has 15 heavy (non-hydrogen) atoms. The Morgan fingerprint density at radius 2 is 1.20 bits per heavy atom. The van der Waals surface area contributed by atoms with E-state index in [1.54, 1.807) is 0 Å². The van der Waals surface area contributed by atoms with Gasteiger partial charge < -0.3 is 0 Å². The van der Waals surface area contributed by atoms with E-state index in [0.717, 1.165) is 5.66 Å². The molecule has 0 saturated heterocycles. The summed E-state index contributed by atoms with van der Waals surface area (Å²) < 4.78 is 0. The van der Waals surface area contributed by atoms with Crippen LogP contribution >= 0.6 is 7.53 Å². The van der Waals surface area contributed by atoms with Gasteiger partial charge in [-0.25, -0.2) is 0 Å². The van der Waals surface area contributed by atoms with E-state index < -0.39 is 0 Å². The largest absolute Gasteiger partial charge is 0.122 e. The van der Waals surface area contributed by atoms with Crippen LogP contribution in [-0.2, 0) is 0 Å². The molecular weight excluding hydrogens is 199 g/mol. The fourth-order valence-electron chi connectivity index (χ4n) is 2.23. The van der Waals surface area contributed by atoms with Crippen molar-refractivity contribution in [1.29, 1.82) is 0 Å². The lowest BCUT2D eigenvalue weighted by atomic mass is 10.0. The minimum atomic E-state index is -0.0142. The Balaban J connectivity index is 2.23. The average molecular weight is 218 g/mol. The van der Waals surface area contributed by atoms with Crippen LogP contribution in [0.3, 0.4) is 0 Å². The quantitative estimate of drug-likeness (QED) is 0.599. The summed E-state index contributed by atoms with van der Waals surface area (Å²) in [5.41, 5.74) is 0.946. The number of hydrogen-bond acceptors (Lipinski definition) is 0. The molecule has 1 aromatic rings. The molecule has 0 aromatic carbocycles. The predicted molar refractivity (Wildman–Crippen MR) is 68.9 cm³/mol. The molecule has 0 radical (unpaired) electrons. The Labute approximate surface area is 93.7 Å². The first-order valence-electron chi connectivity index (χ1n) is 5.92. The van der Waals surface area contributed by atoms with Crippen molar-refractivity contribution < 1.29 is 0 Å². The van der Waals surface area contributed by atoms with Crippen LogP contribution in [0.15, 0.2) is 48.0 Å². The van der Waals surface area contributed by atoms with Gasteiger partial charge in [-0.05, 0) is 30.1 Å². The van der Waals surface area contributed by atoms with E-state index in [1.807, 2.05) is 0 Å². The summed E-state index contributed by atoms with van der Waals surface area (Å²) in [4.78, 5) is 0. The molecule has 1 aliphatic rings. The van der Waals surface area contributed by atoms with Gasteiger partial charge in [0.15, 0.2) is 0 Å². The fraction of sp³-hybridized carbons (Fsp3) is 0.429. The van der Waals surface area contributed by atoms with Crippen LogP contribution in [0.1, 0.15) is 37.8 Å². The zero-order valence-electron chi connectivity index (χ0n) is 9.18. The average Bonchev–Trinajstić information content (AvgIpc) is 2.43. The first-order valence-corrected chi connectivity index (χ1v) is 7.47. The minimum Gasteiger partial charge on any atom is -0.122 e. The lowest BCUT2D eigenvalue weighted by Gasteiger charge is -2.21. The van der Waals surface area contributed by atoms with E-state index in [-0.39, 0.29) is 7.53 Å². The summed E-state index contributed by atoms with van der Waals surface area (Å²) in [5, 5.41) is 0. The van der Waals surface area contributed by atoms with Crippen molar-refractivity contribution in [3.8, 4) is 0 Å². The van der Waals surface area contributed by atoms with Crippen LogP contribution in [0, 0.1) is 0 Å². The molecular formula is C14H19P. The van der Waals surface area contributed by atoms with Gasteiger partial charge in [-0.15, -0.1) is 7.53 Å². The number of rotatable bonds is 1. The fourth-order valence-corrected chi connectivity index (χ4v) is 4.37. The second-order valence-electron chi connectivity index (χ2n) is 4.19. The Kier molecular flexibility index (Phi) is 4.29. The second-order valence-corrected chi connectivity index (χ2v) is 6.41. The molecule has 1 heterocycles. The summed E-state index contributed by atoms with van der Waals surface area (Å²) in [6.07, 6.45) is 7.21.